The highest BCUT2D eigenvalue weighted by molar-refractivity contribution is 7.91. The van der Waals surface area contributed by atoms with E-state index in [2.05, 4.69) is 30.2 Å². The fourth-order valence-corrected chi connectivity index (χ4v) is 4.45. The highest BCUT2D eigenvalue weighted by Crippen LogP contribution is 2.39. The summed E-state index contributed by atoms with van der Waals surface area (Å²) in [6, 6.07) is 6.98. The number of hydrogen-bond acceptors (Lipinski definition) is 7. The minimum atomic E-state index is -3.46. The second kappa shape index (κ2) is 6.21. The van der Waals surface area contributed by atoms with E-state index in [1.807, 2.05) is 6.07 Å². The first-order valence-electron chi connectivity index (χ1n) is 7.74. The van der Waals surface area contributed by atoms with Crippen LogP contribution in [0.2, 0.25) is 0 Å². The van der Waals surface area contributed by atoms with Crippen LogP contribution in [0.3, 0.4) is 0 Å². The Bertz CT molecular complexity index is 1010. The zero-order valence-corrected chi connectivity index (χ0v) is 15.0. The summed E-state index contributed by atoms with van der Waals surface area (Å²) in [5.41, 5.74) is 1.14. The van der Waals surface area contributed by atoms with Crippen molar-refractivity contribution in [2.45, 2.75) is 23.0 Å². The van der Waals surface area contributed by atoms with Crippen LogP contribution in [0.1, 0.15) is 24.5 Å². The molecule has 1 aliphatic rings. The molecule has 0 unspecified atom stereocenters. The first-order chi connectivity index (χ1) is 12.0. The van der Waals surface area contributed by atoms with E-state index in [1.54, 1.807) is 24.4 Å². The Labute approximate surface area is 148 Å². The second-order valence-corrected chi connectivity index (χ2v) is 8.90. The fourth-order valence-electron chi connectivity index (χ4n) is 2.37. The number of H-pyrrole nitrogens is 1. The molecule has 3 aromatic rings. The topological polar surface area (TPSA) is 113 Å². The maximum atomic E-state index is 11.9. The van der Waals surface area contributed by atoms with Gasteiger partial charge in [0.2, 0.25) is 10.0 Å². The summed E-state index contributed by atoms with van der Waals surface area (Å²) in [7, 11) is -2.08. The lowest BCUT2D eigenvalue weighted by atomic mass is 10.3. The number of aromatic amines is 1. The van der Waals surface area contributed by atoms with E-state index in [-0.39, 0.29) is 4.21 Å². The van der Waals surface area contributed by atoms with Gasteiger partial charge in [-0.2, -0.15) is 5.10 Å². The molecule has 0 bridgehead atoms. The van der Waals surface area contributed by atoms with Crippen LogP contribution in [-0.2, 0) is 10.0 Å². The van der Waals surface area contributed by atoms with Crippen molar-refractivity contribution in [1.82, 2.24) is 24.9 Å². The number of anilines is 2. The second-order valence-electron chi connectivity index (χ2n) is 5.70. The molecule has 4 rings (SSSR count). The number of thiophene rings is 1. The van der Waals surface area contributed by atoms with E-state index < -0.39 is 10.0 Å². The van der Waals surface area contributed by atoms with E-state index in [9.17, 15) is 8.42 Å². The van der Waals surface area contributed by atoms with Gasteiger partial charge in [0.15, 0.2) is 11.6 Å². The zero-order valence-electron chi connectivity index (χ0n) is 13.4. The number of sulfonamides is 1. The van der Waals surface area contributed by atoms with Crippen molar-refractivity contribution in [3.63, 3.8) is 0 Å². The van der Waals surface area contributed by atoms with Gasteiger partial charge in [-0.1, -0.05) is 0 Å². The third-order valence-corrected chi connectivity index (χ3v) is 6.85. The molecule has 0 radical (unpaired) electrons. The van der Waals surface area contributed by atoms with Crippen molar-refractivity contribution in [3.05, 3.63) is 36.2 Å². The Morgan fingerprint density at radius 1 is 1.24 bits per heavy atom. The summed E-state index contributed by atoms with van der Waals surface area (Å²) >= 11 is 1.12. The molecule has 3 heterocycles. The summed E-state index contributed by atoms with van der Waals surface area (Å²) in [4.78, 5) is 9.36. The lowest BCUT2D eigenvalue weighted by molar-refractivity contribution is 0.590. The first kappa shape index (κ1) is 16.2. The van der Waals surface area contributed by atoms with Crippen LogP contribution in [0.25, 0.3) is 10.7 Å². The van der Waals surface area contributed by atoms with Gasteiger partial charge in [-0.25, -0.2) is 23.1 Å². The lowest BCUT2D eigenvalue weighted by Gasteiger charge is -2.03. The van der Waals surface area contributed by atoms with Crippen LogP contribution in [0.15, 0.2) is 34.7 Å². The van der Waals surface area contributed by atoms with E-state index >= 15 is 0 Å². The largest absolute Gasteiger partial charge is 0.323 e. The molecule has 25 heavy (non-hydrogen) atoms. The summed E-state index contributed by atoms with van der Waals surface area (Å²) in [6.45, 7) is 0. The SMILES string of the molecule is CNS(=O)(=O)c1ccc(-c2nccc(Nc3cc(C4CC4)[nH]n3)n2)s1. The molecule has 0 spiro atoms. The van der Waals surface area contributed by atoms with E-state index in [0.29, 0.717) is 28.3 Å². The molecule has 130 valence electrons. The van der Waals surface area contributed by atoms with Crippen LogP contribution in [-0.4, -0.2) is 35.6 Å². The monoisotopic (exact) mass is 376 g/mol. The summed E-state index contributed by atoms with van der Waals surface area (Å²) in [5, 5.41) is 10.4. The van der Waals surface area contributed by atoms with Gasteiger partial charge in [-0.05, 0) is 38.1 Å². The van der Waals surface area contributed by atoms with Gasteiger partial charge in [-0.15, -0.1) is 11.3 Å². The number of rotatable bonds is 6. The standard InChI is InChI=1S/C15H16N6O2S2/c1-16-25(22,23)14-5-4-11(24-14)15-17-7-6-12(19-15)18-13-8-10(20-21-13)9-2-3-9/h4-9,16H,2-3H2,1H3,(H2,17,18,19,20,21). The van der Waals surface area contributed by atoms with Gasteiger partial charge in [0.1, 0.15) is 10.0 Å². The fraction of sp³-hybridized carbons (Fsp3) is 0.267. The third-order valence-electron chi connectivity index (χ3n) is 3.86. The quantitative estimate of drug-likeness (QED) is 0.609. The van der Waals surface area contributed by atoms with Crippen LogP contribution < -0.4 is 10.0 Å². The van der Waals surface area contributed by atoms with Crippen LogP contribution in [0.4, 0.5) is 11.6 Å². The molecule has 1 aliphatic carbocycles. The van der Waals surface area contributed by atoms with Gasteiger partial charge in [0, 0.05) is 23.9 Å². The van der Waals surface area contributed by atoms with Crippen LogP contribution in [0.5, 0.6) is 0 Å². The summed E-state index contributed by atoms with van der Waals surface area (Å²) in [5.74, 6) is 2.37. The number of nitrogens with one attached hydrogen (secondary N) is 3. The highest BCUT2D eigenvalue weighted by Gasteiger charge is 2.25. The molecule has 0 aromatic carbocycles. The normalized spacial score (nSPS) is 14.6. The molecule has 10 heteroatoms. The minimum absolute atomic E-state index is 0.230. The zero-order chi connectivity index (χ0) is 17.4. The average Bonchev–Trinajstić information content (AvgIpc) is 3.15. The van der Waals surface area contributed by atoms with Crippen molar-refractivity contribution in [2.75, 3.05) is 12.4 Å². The Balaban J connectivity index is 1.56. The van der Waals surface area contributed by atoms with E-state index in [0.717, 1.165) is 17.0 Å². The van der Waals surface area contributed by atoms with Gasteiger partial charge >= 0.3 is 0 Å². The van der Waals surface area contributed by atoms with Crippen LogP contribution >= 0.6 is 11.3 Å². The Morgan fingerprint density at radius 2 is 2.08 bits per heavy atom. The Kier molecular flexibility index (Phi) is 4.02. The van der Waals surface area contributed by atoms with Gasteiger partial charge in [0.05, 0.1) is 4.88 Å². The van der Waals surface area contributed by atoms with E-state index in [1.165, 1.54) is 19.9 Å². The van der Waals surface area contributed by atoms with Crippen molar-refractivity contribution in [1.29, 1.82) is 0 Å². The molecule has 0 aliphatic heterocycles. The Hall–Kier alpha value is -2.30. The van der Waals surface area contributed by atoms with E-state index in [4.69, 9.17) is 0 Å². The molecule has 0 atom stereocenters. The number of hydrogen-bond donors (Lipinski definition) is 3. The minimum Gasteiger partial charge on any atom is -0.323 e. The third kappa shape index (κ3) is 3.41. The first-order valence-corrected chi connectivity index (χ1v) is 10.0. The molecule has 3 aromatic heterocycles. The van der Waals surface area contributed by atoms with Crippen LogP contribution in [0, 0.1) is 0 Å². The predicted molar refractivity (Wildman–Crippen MR) is 95.4 cm³/mol. The van der Waals surface area contributed by atoms with Gasteiger partial charge in [-0.3, -0.25) is 5.10 Å². The predicted octanol–water partition coefficient (Wildman–Crippen LogP) is 2.46. The number of aromatic nitrogens is 4. The van der Waals surface area contributed by atoms with Crippen molar-refractivity contribution < 1.29 is 8.42 Å². The highest BCUT2D eigenvalue weighted by atomic mass is 32.2. The average molecular weight is 376 g/mol. The maximum absolute atomic E-state index is 11.9. The van der Waals surface area contributed by atoms with Crippen molar-refractivity contribution in [2.24, 2.45) is 0 Å². The molecule has 1 saturated carbocycles. The lowest BCUT2D eigenvalue weighted by Crippen LogP contribution is -2.17. The Morgan fingerprint density at radius 3 is 2.84 bits per heavy atom. The molecule has 1 fully saturated rings. The molecule has 3 N–H and O–H groups in total. The summed E-state index contributed by atoms with van der Waals surface area (Å²) < 4.78 is 26.2. The summed E-state index contributed by atoms with van der Waals surface area (Å²) in [6.07, 6.45) is 4.04. The van der Waals surface area contributed by atoms with Crippen molar-refractivity contribution in [3.8, 4) is 10.7 Å². The van der Waals surface area contributed by atoms with Gasteiger partial charge < -0.3 is 5.32 Å². The molecule has 0 amide bonds. The van der Waals surface area contributed by atoms with Gasteiger partial charge in [0.25, 0.3) is 0 Å². The maximum Gasteiger partial charge on any atom is 0.249 e. The number of nitrogens with zero attached hydrogens (tertiary/aromatic N) is 3. The molecular weight excluding hydrogens is 360 g/mol. The molecule has 0 saturated heterocycles. The molecule has 8 nitrogen and oxygen atoms in total. The molecular formula is C15H16N6O2S2. The van der Waals surface area contributed by atoms with Crippen molar-refractivity contribution >= 4 is 33.0 Å². The smallest absolute Gasteiger partial charge is 0.249 e.